The molecule has 2 amide bonds. The molecule has 9 nitrogen and oxygen atoms in total. The van der Waals surface area contributed by atoms with Gasteiger partial charge in [-0.15, -0.1) is 10.2 Å². The molecule has 1 N–H and O–H groups in total. The average molecular weight is 355 g/mol. The second-order valence-electron chi connectivity index (χ2n) is 6.25. The predicted molar refractivity (Wildman–Crippen MR) is 84.4 cm³/mol. The number of hydrogen-bond acceptors (Lipinski definition) is 6. The van der Waals surface area contributed by atoms with Gasteiger partial charge in [0.2, 0.25) is 11.8 Å². The zero-order valence-corrected chi connectivity index (χ0v) is 14.3. The second kappa shape index (κ2) is 6.50. The minimum absolute atomic E-state index is 0.00663. The monoisotopic (exact) mass is 355 g/mol. The molecule has 2 aliphatic heterocycles. The van der Waals surface area contributed by atoms with E-state index in [-0.39, 0.29) is 48.9 Å². The first-order valence-corrected chi connectivity index (χ1v) is 9.86. The van der Waals surface area contributed by atoms with Crippen LogP contribution in [0.5, 0.6) is 0 Å². The Morgan fingerprint density at radius 2 is 2.25 bits per heavy atom. The molecule has 24 heavy (non-hydrogen) atoms. The minimum atomic E-state index is -3.05. The fourth-order valence-electron chi connectivity index (χ4n) is 3.27. The van der Waals surface area contributed by atoms with Crippen LogP contribution in [0.15, 0.2) is 6.33 Å². The van der Waals surface area contributed by atoms with Gasteiger partial charge < -0.3 is 14.8 Å². The number of hydrogen-bond donors (Lipinski definition) is 1. The Labute approximate surface area is 140 Å². The van der Waals surface area contributed by atoms with Crippen LogP contribution in [0, 0.1) is 5.92 Å². The number of rotatable bonds is 5. The van der Waals surface area contributed by atoms with Gasteiger partial charge in [-0.3, -0.25) is 9.59 Å². The molecule has 0 radical (unpaired) electrons. The van der Waals surface area contributed by atoms with Gasteiger partial charge in [0.1, 0.15) is 6.33 Å². The van der Waals surface area contributed by atoms with Gasteiger partial charge in [0, 0.05) is 25.6 Å². The smallest absolute Gasteiger partial charge is 0.225 e. The van der Waals surface area contributed by atoms with Crippen LogP contribution in [0.4, 0.5) is 0 Å². The Morgan fingerprint density at radius 1 is 1.46 bits per heavy atom. The summed E-state index contributed by atoms with van der Waals surface area (Å²) in [6.07, 6.45) is 2.19. The lowest BCUT2D eigenvalue weighted by Crippen LogP contribution is -2.39. The molecule has 3 rings (SSSR count). The minimum Gasteiger partial charge on any atom is -0.348 e. The van der Waals surface area contributed by atoms with E-state index in [0.29, 0.717) is 18.8 Å². The summed E-state index contributed by atoms with van der Waals surface area (Å²) in [7, 11) is -3.05. The molecule has 2 fully saturated rings. The molecule has 0 unspecified atom stereocenters. The van der Waals surface area contributed by atoms with Crippen LogP contribution in [0.1, 0.15) is 25.6 Å². The van der Waals surface area contributed by atoms with Crippen molar-refractivity contribution >= 4 is 21.7 Å². The van der Waals surface area contributed by atoms with Crippen molar-refractivity contribution in [1.82, 2.24) is 25.0 Å². The van der Waals surface area contributed by atoms with Crippen molar-refractivity contribution in [1.29, 1.82) is 0 Å². The third-order valence-electron chi connectivity index (χ3n) is 4.64. The van der Waals surface area contributed by atoms with Crippen LogP contribution in [-0.4, -0.2) is 64.0 Å². The summed E-state index contributed by atoms with van der Waals surface area (Å²) in [5.74, 6) is -0.0171. The highest BCUT2D eigenvalue weighted by molar-refractivity contribution is 7.91. The lowest BCUT2D eigenvalue weighted by molar-refractivity contribution is -0.130. The maximum Gasteiger partial charge on any atom is 0.225 e. The standard InChI is InChI=1S/C14H21N5O4S/c1-2-18-9-16-17-12(18)6-15-14(21)10-5-13(20)19(7-10)11-3-4-24(22,23)8-11/h9-11H,2-8H2,1H3,(H,15,21)/t10-,11+/m0/s1. The summed E-state index contributed by atoms with van der Waals surface area (Å²) in [5.41, 5.74) is 0. The van der Waals surface area contributed by atoms with E-state index in [1.807, 2.05) is 11.5 Å². The summed E-state index contributed by atoms with van der Waals surface area (Å²) >= 11 is 0. The van der Waals surface area contributed by atoms with Gasteiger partial charge in [-0.1, -0.05) is 0 Å². The second-order valence-corrected chi connectivity index (χ2v) is 8.48. The van der Waals surface area contributed by atoms with Crippen molar-refractivity contribution in [2.45, 2.75) is 38.9 Å². The maximum absolute atomic E-state index is 12.3. The van der Waals surface area contributed by atoms with Gasteiger partial charge in [0.25, 0.3) is 0 Å². The number of carbonyl (C=O) groups is 2. The number of nitrogens with one attached hydrogen (secondary N) is 1. The SMILES string of the molecule is CCn1cnnc1CNC(=O)[C@H]1CC(=O)N([C@@H]2CCS(=O)(=O)C2)C1. The van der Waals surface area contributed by atoms with E-state index in [1.165, 1.54) is 0 Å². The Hall–Kier alpha value is -1.97. The van der Waals surface area contributed by atoms with E-state index < -0.39 is 15.8 Å². The highest BCUT2D eigenvalue weighted by Gasteiger charge is 2.41. The Balaban J connectivity index is 1.56. The van der Waals surface area contributed by atoms with Crippen LogP contribution >= 0.6 is 0 Å². The van der Waals surface area contributed by atoms with Crippen molar-refractivity contribution in [3.63, 3.8) is 0 Å². The molecule has 2 aliphatic rings. The number of aromatic nitrogens is 3. The molecule has 0 spiro atoms. The van der Waals surface area contributed by atoms with E-state index in [0.717, 1.165) is 0 Å². The number of likely N-dealkylation sites (tertiary alicyclic amines) is 1. The molecule has 0 aliphatic carbocycles. The van der Waals surface area contributed by atoms with Gasteiger partial charge in [-0.05, 0) is 13.3 Å². The molecule has 0 bridgehead atoms. The van der Waals surface area contributed by atoms with Crippen molar-refractivity contribution in [3.8, 4) is 0 Å². The molecule has 3 heterocycles. The van der Waals surface area contributed by atoms with E-state index in [1.54, 1.807) is 11.2 Å². The molecule has 0 saturated carbocycles. The Morgan fingerprint density at radius 3 is 2.92 bits per heavy atom. The summed E-state index contributed by atoms with van der Waals surface area (Å²) in [6, 6.07) is -0.288. The van der Waals surface area contributed by atoms with Gasteiger partial charge in [-0.2, -0.15) is 0 Å². The van der Waals surface area contributed by atoms with Crippen molar-refractivity contribution in [2.75, 3.05) is 18.1 Å². The molecule has 2 saturated heterocycles. The average Bonchev–Trinajstić information content (AvgIpc) is 3.22. The van der Waals surface area contributed by atoms with Crippen LogP contribution in [0.3, 0.4) is 0 Å². The van der Waals surface area contributed by atoms with E-state index in [9.17, 15) is 18.0 Å². The van der Waals surface area contributed by atoms with Crippen molar-refractivity contribution in [2.24, 2.45) is 5.92 Å². The first-order chi connectivity index (χ1) is 11.4. The maximum atomic E-state index is 12.3. The highest BCUT2D eigenvalue weighted by atomic mass is 32.2. The Kier molecular flexibility index (Phi) is 4.57. The van der Waals surface area contributed by atoms with Crippen molar-refractivity contribution in [3.05, 3.63) is 12.2 Å². The number of sulfone groups is 1. The number of carbonyl (C=O) groups excluding carboxylic acids is 2. The quantitative estimate of drug-likeness (QED) is 0.721. The molecule has 0 aromatic carbocycles. The molecule has 1 aromatic rings. The summed E-state index contributed by atoms with van der Waals surface area (Å²) in [6.45, 7) is 3.21. The van der Waals surface area contributed by atoms with E-state index >= 15 is 0 Å². The lowest BCUT2D eigenvalue weighted by Gasteiger charge is -2.22. The van der Waals surface area contributed by atoms with Crippen LogP contribution < -0.4 is 5.32 Å². The molecular weight excluding hydrogens is 334 g/mol. The molecular formula is C14H21N5O4S. The predicted octanol–water partition coefficient (Wildman–Crippen LogP) is -1.05. The van der Waals surface area contributed by atoms with Gasteiger partial charge >= 0.3 is 0 Å². The van der Waals surface area contributed by atoms with E-state index in [2.05, 4.69) is 15.5 Å². The topological polar surface area (TPSA) is 114 Å². The first kappa shape index (κ1) is 16.9. The normalized spacial score (nSPS) is 26.0. The first-order valence-electron chi connectivity index (χ1n) is 8.04. The third-order valence-corrected chi connectivity index (χ3v) is 6.39. The van der Waals surface area contributed by atoms with Crippen molar-refractivity contribution < 1.29 is 18.0 Å². The molecule has 2 atom stereocenters. The number of aryl methyl sites for hydroxylation is 1. The van der Waals surface area contributed by atoms with Gasteiger partial charge in [0.05, 0.1) is 24.0 Å². The molecule has 10 heteroatoms. The lowest BCUT2D eigenvalue weighted by atomic mass is 10.1. The fraction of sp³-hybridized carbons (Fsp3) is 0.714. The Bertz CT molecular complexity index is 744. The highest BCUT2D eigenvalue weighted by Crippen LogP contribution is 2.26. The summed E-state index contributed by atoms with van der Waals surface area (Å²) in [4.78, 5) is 26.0. The number of nitrogens with zero attached hydrogens (tertiary/aromatic N) is 4. The molecule has 132 valence electrons. The zero-order chi connectivity index (χ0) is 17.3. The van der Waals surface area contributed by atoms with Crippen LogP contribution in [0.25, 0.3) is 0 Å². The third kappa shape index (κ3) is 3.42. The number of amides is 2. The van der Waals surface area contributed by atoms with Gasteiger partial charge in [0.15, 0.2) is 15.7 Å². The molecule has 1 aromatic heterocycles. The zero-order valence-electron chi connectivity index (χ0n) is 13.5. The summed E-state index contributed by atoms with van der Waals surface area (Å²) < 4.78 is 25.0. The largest absolute Gasteiger partial charge is 0.348 e. The van der Waals surface area contributed by atoms with E-state index in [4.69, 9.17) is 0 Å². The summed E-state index contributed by atoms with van der Waals surface area (Å²) in [5, 5.41) is 10.5. The fourth-order valence-corrected chi connectivity index (χ4v) is 5.00. The van der Waals surface area contributed by atoms with Gasteiger partial charge in [-0.25, -0.2) is 8.42 Å². The van der Waals surface area contributed by atoms with Crippen LogP contribution in [0.2, 0.25) is 0 Å². The van der Waals surface area contributed by atoms with Crippen LogP contribution in [-0.2, 0) is 32.5 Å².